The Hall–Kier alpha value is -6.07. The van der Waals surface area contributed by atoms with Crippen molar-refractivity contribution in [1.82, 2.24) is 47.4 Å². The van der Waals surface area contributed by atoms with E-state index in [9.17, 15) is 53.1 Å². The van der Waals surface area contributed by atoms with Gasteiger partial charge in [0.2, 0.25) is 59.1 Å². The highest BCUT2D eigenvalue weighted by Gasteiger charge is 2.40. The second-order valence-electron chi connectivity index (χ2n) is 16.8. The Bertz CT molecular complexity index is 1730. The highest BCUT2D eigenvalue weighted by atomic mass is 16.3. The van der Waals surface area contributed by atoms with Crippen LogP contribution in [0.5, 0.6) is 0 Å². The Morgan fingerprint density at radius 1 is 0.682 bits per heavy atom. The van der Waals surface area contributed by atoms with Crippen LogP contribution in [0.15, 0.2) is 4.99 Å². The summed E-state index contributed by atoms with van der Waals surface area (Å²) in [4.78, 5) is 137. The number of guanidine groups is 1. The van der Waals surface area contributed by atoms with E-state index in [1.54, 1.807) is 48.5 Å². The summed E-state index contributed by atoms with van der Waals surface area (Å²) in [6.45, 7) is 12.6. The van der Waals surface area contributed by atoms with Gasteiger partial charge in [-0.15, -0.1) is 0 Å². The third kappa shape index (κ3) is 19.6. The third-order valence-corrected chi connectivity index (χ3v) is 11.2. The van der Waals surface area contributed by atoms with Crippen molar-refractivity contribution in [3.05, 3.63) is 0 Å². The number of primary amides is 1. The first-order valence-corrected chi connectivity index (χ1v) is 22.6. The van der Waals surface area contributed by atoms with Crippen LogP contribution in [-0.2, 0) is 47.9 Å². The standard InChI is InChI=1S/C42H75N13O11/c1-9-23(6)33(39(64)50-27(14-12-18-47-42(44)45)41(66)55-19-13-15-29(55)37(62)46-11-3)53-35(60)26(16-17-30(43)58)49-36(61)28(21-56)51-40(65)34(24(7)10-2)54-38(63)32(22(4)5)52-31(59)20-48-25(8)57/h22-24,26-29,32-34,56H,9-21H2,1-8H3,(H2,43,58)(H,46,62)(H,48,57)(H,49,61)(H,50,64)(H,51,65)(H,52,59)(H,53,60)(H,54,63)(H4,44,45,47)/t23-,24+,26-,27-,28-,29-,32-,33-,34+/m0/s1. The molecule has 1 aliphatic heterocycles. The van der Waals surface area contributed by atoms with Crippen LogP contribution in [0.2, 0.25) is 0 Å². The molecule has 1 saturated heterocycles. The smallest absolute Gasteiger partial charge is 0.245 e. The van der Waals surface area contributed by atoms with Crippen molar-refractivity contribution >= 4 is 65.0 Å². The Kier molecular flexibility index (Phi) is 25.9. The normalized spacial score (nSPS) is 16.9. The molecular weight excluding hydrogens is 863 g/mol. The maximum Gasteiger partial charge on any atom is 0.245 e. The van der Waals surface area contributed by atoms with Crippen molar-refractivity contribution in [2.75, 3.05) is 32.8 Å². The summed E-state index contributed by atoms with van der Waals surface area (Å²) < 4.78 is 0. The van der Waals surface area contributed by atoms with Crippen LogP contribution in [0.3, 0.4) is 0 Å². The van der Waals surface area contributed by atoms with E-state index in [2.05, 4.69) is 47.5 Å². The summed E-state index contributed by atoms with van der Waals surface area (Å²) in [5.74, 6) is -8.79. The Morgan fingerprint density at radius 3 is 1.71 bits per heavy atom. The number of aliphatic imine (C=N–C) groups is 1. The average molecular weight is 938 g/mol. The summed E-state index contributed by atoms with van der Waals surface area (Å²) in [5, 5.41) is 30.7. The topological polar surface area (TPSA) is 381 Å². The number of carbonyl (C=O) groups excluding carboxylic acids is 10. The van der Waals surface area contributed by atoms with Gasteiger partial charge in [-0.3, -0.25) is 52.9 Å². The summed E-state index contributed by atoms with van der Waals surface area (Å²) in [5.41, 5.74) is 16.3. The molecule has 0 spiro atoms. The lowest BCUT2D eigenvalue weighted by atomic mass is 9.96. The molecule has 15 N–H and O–H groups in total. The maximum absolute atomic E-state index is 14.1. The van der Waals surface area contributed by atoms with Crippen LogP contribution in [0.4, 0.5) is 0 Å². The fourth-order valence-corrected chi connectivity index (χ4v) is 6.97. The van der Waals surface area contributed by atoms with Crippen molar-refractivity contribution < 1.29 is 53.1 Å². The van der Waals surface area contributed by atoms with Gasteiger partial charge in [0.15, 0.2) is 5.96 Å². The molecule has 0 aliphatic carbocycles. The second kappa shape index (κ2) is 29.5. The predicted molar refractivity (Wildman–Crippen MR) is 243 cm³/mol. The summed E-state index contributed by atoms with van der Waals surface area (Å²) in [6, 6.07) is -8.80. The van der Waals surface area contributed by atoms with Crippen LogP contribution >= 0.6 is 0 Å². The molecule has 9 atom stereocenters. The zero-order valence-electron chi connectivity index (χ0n) is 39.6. The van der Waals surface area contributed by atoms with E-state index in [-0.39, 0.29) is 50.8 Å². The highest BCUT2D eigenvalue weighted by Crippen LogP contribution is 2.21. The molecule has 24 heteroatoms. The molecular formula is C42H75N13O11. The fraction of sp³-hybridized carbons (Fsp3) is 0.738. The minimum atomic E-state index is -1.68. The van der Waals surface area contributed by atoms with Crippen LogP contribution in [0, 0.1) is 17.8 Å². The van der Waals surface area contributed by atoms with Crippen LogP contribution < -0.4 is 59.7 Å². The van der Waals surface area contributed by atoms with Crippen LogP contribution in [-0.4, -0.2) is 150 Å². The lowest BCUT2D eigenvalue weighted by Gasteiger charge is -2.31. The first-order chi connectivity index (χ1) is 31.0. The molecule has 0 saturated carbocycles. The first kappa shape index (κ1) is 57.9. The largest absolute Gasteiger partial charge is 0.394 e. The van der Waals surface area contributed by atoms with Gasteiger partial charge in [0.05, 0.1) is 13.2 Å². The third-order valence-electron chi connectivity index (χ3n) is 11.2. The fourth-order valence-electron chi connectivity index (χ4n) is 6.97. The van der Waals surface area contributed by atoms with Crippen molar-refractivity contribution in [2.24, 2.45) is 39.9 Å². The monoisotopic (exact) mass is 938 g/mol. The van der Waals surface area contributed by atoms with Gasteiger partial charge in [0.1, 0.15) is 42.3 Å². The van der Waals surface area contributed by atoms with E-state index in [0.717, 1.165) is 0 Å². The molecule has 374 valence electrons. The Balaban J connectivity index is 3.38. The van der Waals surface area contributed by atoms with E-state index in [1.165, 1.54) is 11.8 Å². The predicted octanol–water partition coefficient (Wildman–Crippen LogP) is -3.78. The van der Waals surface area contributed by atoms with Gasteiger partial charge in [-0.2, -0.15) is 0 Å². The zero-order valence-corrected chi connectivity index (χ0v) is 39.6. The number of hydrogen-bond donors (Lipinski definition) is 12. The summed E-state index contributed by atoms with van der Waals surface area (Å²) >= 11 is 0. The number of hydrogen-bond acceptors (Lipinski definition) is 12. The minimum absolute atomic E-state index is 0.0725. The van der Waals surface area contributed by atoms with Crippen molar-refractivity contribution in [3.8, 4) is 0 Å². The number of aliphatic hydroxyl groups excluding tert-OH is 1. The molecule has 10 amide bonds. The summed E-state index contributed by atoms with van der Waals surface area (Å²) in [7, 11) is 0. The van der Waals surface area contributed by atoms with Gasteiger partial charge in [0, 0.05) is 33.0 Å². The molecule has 0 aromatic heterocycles. The lowest BCUT2D eigenvalue weighted by molar-refractivity contribution is -0.142. The number of rotatable bonds is 29. The molecule has 0 aromatic carbocycles. The molecule has 1 fully saturated rings. The highest BCUT2D eigenvalue weighted by molar-refractivity contribution is 5.98. The average Bonchev–Trinajstić information content (AvgIpc) is 3.76. The Labute approximate surface area is 386 Å². The number of nitrogens with zero attached hydrogens (tertiary/aromatic N) is 2. The number of aliphatic hydroxyl groups is 1. The van der Waals surface area contributed by atoms with Crippen molar-refractivity contribution in [3.63, 3.8) is 0 Å². The number of nitrogens with two attached hydrogens (primary N) is 3. The zero-order chi connectivity index (χ0) is 50.3. The van der Waals surface area contributed by atoms with Crippen molar-refractivity contribution in [1.29, 1.82) is 0 Å². The molecule has 1 rings (SSSR count). The van der Waals surface area contributed by atoms with E-state index < -0.39 is 126 Å². The number of carbonyl (C=O) groups is 10. The van der Waals surface area contributed by atoms with Crippen molar-refractivity contribution in [2.45, 2.75) is 149 Å². The Morgan fingerprint density at radius 2 is 1.21 bits per heavy atom. The van der Waals surface area contributed by atoms with Gasteiger partial charge >= 0.3 is 0 Å². The molecule has 24 nitrogen and oxygen atoms in total. The molecule has 0 unspecified atom stereocenters. The van der Waals surface area contributed by atoms with Crippen LogP contribution in [0.1, 0.15) is 107 Å². The molecule has 0 bridgehead atoms. The number of amides is 10. The number of likely N-dealkylation sites (tertiary alicyclic amines) is 1. The maximum atomic E-state index is 14.1. The minimum Gasteiger partial charge on any atom is -0.394 e. The number of nitrogens with one attached hydrogen (secondary N) is 8. The van der Waals surface area contributed by atoms with Gasteiger partial charge < -0.3 is 69.7 Å². The number of likely N-dealkylation sites (N-methyl/N-ethyl adjacent to an activating group) is 1. The lowest BCUT2D eigenvalue weighted by Crippen LogP contribution is -2.62. The van der Waals surface area contributed by atoms with Gasteiger partial charge in [0.25, 0.3) is 0 Å². The van der Waals surface area contributed by atoms with E-state index in [1.807, 2.05) is 0 Å². The molecule has 66 heavy (non-hydrogen) atoms. The van der Waals surface area contributed by atoms with Gasteiger partial charge in [-0.05, 0) is 56.8 Å². The molecule has 1 aliphatic rings. The van der Waals surface area contributed by atoms with Crippen LogP contribution in [0.25, 0.3) is 0 Å². The molecule has 1 heterocycles. The SMILES string of the molecule is CCNC(=O)[C@@H]1CCCN1C(=O)[C@H](CCCN=C(N)N)NC(=O)[C@@H](NC(=O)[C@H](CCC(N)=O)NC(=O)[C@H](CO)NC(=O)[C@H](NC(=O)[C@@H](NC(=O)CNC(C)=O)C(C)C)[C@H](C)CC)[C@@H](C)CC. The van der Waals surface area contributed by atoms with Gasteiger partial charge in [-0.25, -0.2) is 0 Å². The van der Waals surface area contributed by atoms with E-state index >= 15 is 0 Å². The summed E-state index contributed by atoms with van der Waals surface area (Å²) in [6.07, 6.45) is 1.30. The molecule has 0 aromatic rings. The quantitative estimate of drug-likeness (QED) is 0.0195. The van der Waals surface area contributed by atoms with Gasteiger partial charge in [-0.1, -0.05) is 54.4 Å². The molecule has 0 radical (unpaired) electrons. The second-order valence-corrected chi connectivity index (χ2v) is 16.8. The first-order valence-electron chi connectivity index (χ1n) is 22.6. The van der Waals surface area contributed by atoms with E-state index in [0.29, 0.717) is 32.2 Å². The van der Waals surface area contributed by atoms with E-state index in [4.69, 9.17) is 17.2 Å².